The van der Waals surface area contributed by atoms with E-state index in [-0.39, 0.29) is 5.91 Å². The van der Waals surface area contributed by atoms with Crippen LogP contribution in [0.5, 0.6) is 0 Å². The second-order valence-corrected chi connectivity index (χ2v) is 5.25. The number of aromatic nitrogens is 2. The van der Waals surface area contributed by atoms with E-state index in [4.69, 9.17) is 0 Å². The predicted molar refractivity (Wildman–Crippen MR) is 76.4 cm³/mol. The van der Waals surface area contributed by atoms with Crippen LogP contribution in [-0.4, -0.2) is 22.4 Å². The van der Waals surface area contributed by atoms with Gasteiger partial charge in [-0.05, 0) is 36.1 Å². The molecule has 0 fully saturated rings. The zero-order valence-electron chi connectivity index (χ0n) is 10.2. The Labute approximate surface area is 114 Å². The Bertz CT molecular complexity index is 688. The van der Waals surface area contributed by atoms with Gasteiger partial charge in [0.2, 0.25) is 0 Å². The summed E-state index contributed by atoms with van der Waals surface area (Å²) in [5.74, 6) is -0.0481. The molecule has 1 aromatic carbocycles. The monoisotopic (exact) mass is 271 g/mol. The normalized spacial score (nSPS) is 10.7. The molecule has 4 nitrogen and oxygen atoms in total. The Balaban J connectivity index is 1.63. The Hall–Kier alpha value is -2.14. The van der Waals surface area contributed by atoms with E-state index < -0.39 is 0 Å². The molecule has 0 saturated carbocycles. The van der Waals surface area contributed by atoms with Crippen LogP contribution >= 0.6 is 11.3 Å². The van der Waals surface area contributed by atoms with Gasteiger partial charge in [0.25, 0.3) is 5.91 Å². The number of carbonyl (C=O) groups is 1. The number of aromatic amines is 1. The highest BCUT2D eigenvalue weighted by Gasteiger charge is 2.06. The number of amides is 1. The van der Waals surface area contributed by atoms with E-state index in [9.17, 15) is 4.79 Å². The first-order chi connectivity index (χ1) is 9.33. The fraction of sp³-hybridized carbons (Fsp3) is 0.143. The highest BCUT2D eigenvalue weighted by Crippen LogP contribution is 2.12. The summed E-state index contributed by atoms with van der Waals surface area (Å²) >= 11 is 1.71. The summed E-state index contributed by atoms with van der Waals surface area (Å²) in [4.78, 5) is 20.4. The number of carbonyl (C=O) groups excluding carboxylic acids is 1. The number of imidazole rings is 1. The van der Waals surface area contributed by atoms with E-state index in [1.165, 1.54) is 4.88 Å². The van der Waals surface area contributed by atoms with Gasteiger partial charge in [0, 0.05) is 17.0 Å². The van der Waals surface area contributed by atoms with Crippen molar-refractivity contribution in [3.63, 3.8) is 0 Å². The molecule has 3 rings (SSSR count). The average Bonchev–Trinajstić information content (AvgIpc) is 3.08. The van der Waals surface area contributed by atoms with Crippen LogP contribution in [0, 0.1) is 0 Å². The van der Waals surface area contributed by atoms with Gasteiger partial charge in [-0.2, -0.15) is 0 Å². The molecule has 96 valence electrons. The molecular formula is C14H13N3OS. The minimum absolute atomic E-state index is 0.0481. The van der Waals surface area contributed by atoms with E-state index in [1.807, 2.05) is 23.6 Å². The smallest absolute Gasteiger partial charge is 0.251 e. The van der Waals surface area contributed by atoms with Crippen LogP contribution in [0.1, 0.15) is 15.2 Å². The molecule has 0 unspecified atom stereocenters. The van der Waals surface area contributed by atoms with Gasteiger partial charge in [0.15, 0.2) is 0 Å². The number of nitrogens with zero attached hydrogens (tertiary/aromatic N) is 1. The second kappa shape index (κ2) is 5.24. The molecule has 0 aliphatic heterocycles. The maximum Gasteiger partial charge on any atom is 0.251 e. The molecule has 5 heteroatoms. The Kier molecular flexibility index (Phi) is 3.29. The molecule has 0 spiro atoms. The molecule has 0 bridgehead atoms. The van der Waals surface area contributed by atoms with E-state index in [0.29, 0.717) is 12.1 Å². The first kappa shape index (κ1) is 11.9. The number of thiophene rings is 1. The molecule has 2 N–H and O–H groups in total. The topological polar surface area (TPSA) is 57.8 Å². The van der Waals surface area contributed by atoms with Gasteiger partial charge in [-0.15, -0.1) is 11.3 Å². The maximum atomic E-state index is 12.0. The average molecular weight is 271 g/mol. The Morgan fingerprint density at radius 3 is 3.16 bits per heavy atom. The molecule has 1 amide bonds. The molecule has 0 aliphatic carbocycles. The third kappa shape index (κ3) is 2.66. The zero-order chi connectivity index (χ0) is 13.1. The van der Waals surface area contributed by atoms with E-state index >= 15 is 0 Å². The minimum atomic E-state index is -0.0481. The number of hydrogen-bond donors (Lipinski definition) is 2. The van der Waals surface area contributed by atoms with Crippen LogP contribution < -0.4 is 5.32 Å². The van der Waals surface area contributed by atoms with Crippen molar-refractivity contribution in [2.24, 2.45) is 0 Å². The van der Waals surface area contributed by atoms with E-state index in [2.05, 4.69) is 21.4 Å². The molecule has 0 saturated heterocycles. The Morgan fingerprint density at radius 1 is 1.37 bits per heavy atom. The lowest BCUT2D eigenvalue weighted by Crippen LogP contribution is -2.25. The van der Waals surface area contributed by atoms with Crippen LogP contribution in [0.3, 0.4) is 0 Å². The maximum absolute atomic E-state index is 12.0. The van der Waals surface area contributed by atoms with E-state index in [0.717, 1.165) is 17.5 Å². The van der Waals surface area contributed by atoms with Crippen LogP contribution in [0.4, 0.5) is 0 Å². The fourth-order valence-electron chi connectivity index (χ4n) is 1.93. The van der Waals surface area contributed by atoms with Crippen molar-refractivity contribution in [2.75, 3.05) is 6.54 Å². The van der Waals surface area contributed by atoms with Gasteiger partial charge in [-0.25, -0.2) is 4.98 Å². The SMILES string of the molecule is O=C(NCCc1cccs1)c1ccc2nc[nH]c2c1. The number of nitrogens with one attached hydrogen (secondary N) is 2. The van der Waals surface area contributed by atoms with Gasteiger partial charge >= 0.3 is 0 Å². The van der Waals surface area contributed by atoms with Crippen molar-refractivity contribution < 1.29 is 4.79 Å². The van der Waals surface area contributed by atoms with Crippen molar-refractivity contribution in [2.45, 2.75) is 6.42 Å². The summed E-state index contributed by atoms with van der Waals surface area (Å²) in [6, 6.07) is 9.56. The van der Waals surface area contributed by atoms with Crippen LogP contribution in [0.15, 0.2) is 42.0 Å². The first-order valence-corrected chi connectivity index (χ1v) is 6.94. The van der Waals surface area contributed by atoms with Gasteiger partial charge in [0.05, 0.1) is 17.4 Å². The molecule has 19 heavy (non-hydrogen) atoms. The molecule has 3 aromatic rings. The van der Waals surface area contributed by atoms with Crippen LogP contribution in [0.25, 0.3) is 11.0 Å². The lowest BCUT2D eigenvalue weighted by Gasteiger charge is -2.04. The first-order valence-electron chi connectivity index (χ1n) is 6.06. The summed E-state index contributed by atoms with van der Waals surface area (Å²) in [6.45, 7) is 0.653. The lowest BCUT2D eigenvalue weighted by atomic mass is 10.2. The highest BCUT2D eigenvalue weighted by atomic mass is 32.1. The number of hydrogen-bond acceptors (Lipinski definition) is 3. The second-order valence-electron chi connectivity index (χ2n) is 4.22. The van der Waals surface area contributed by atoms with Crippen LogP contribution in [-0.2, 0) is 6.42 Å². The minimum Gasteiger partial charge on any atom is -0.352 e. The zero-order valence-corrected chi connectivity index (χ0v) is 11.0. The standard InChI is InChI=1S/C14H13N3OS/c18-14(15-6-5-11-2-1-7-19-11)10-3-4-12-13(8-10)17-9-16-12/h1-4,7-9H,5-6H2,(H,15,18)(H,16,17). The van der Waals surface area contributed by atoms with Crippen molar-refractivity contribution in [1.29, 1.82) is 0 Å². The summed E-state index contributed by atoms with van der Waals surface area (Å²) in [5.41, 5.74) is 2.41. The van der Waals surface area contributed by atoms with Crippen molar-refractivity contribution in [3.8, 4) is 0 Å². The van der Waals surface area contributed by atoms with Crippen molar-refractivity contribution in [3.05, 3.63) is 52.5 Å². The number of rotatable bonds is 4. The third-order valence-electron chi connectivity index (χ3n) is 2.92. The van der Waals surface area contributed by atoms with Crippen LogP contribution in [0.2, 0.25) is 0 Å². The number of benzene rings is 1. The predicted octanol–water partition coefficient (Wildman–Crippen LogP) is 2.60. The number of H-pyrrole nitrogens is 1. The summed E-state index contributed by atoms with van der Waals surface area (Å²) in [5, 5.41) is 4.97. The van der Waals surface area contributed by atoms with Gasteiger partial charge in [-0.1, -0.05) is 6.07 Å². The van der Waals surface area contributed by atoms with Gasteiger partial charge in [-0.3, -0.25) is 4.79 Å². The fourth-order valence-corrected chi connectivity index (χ4v) is 2.64. The summed E-state index contributed by atoms with van der Waals surface area (Å²) in [6.07, 6.45) is 2.50. The highest BCUT2D eigenvalue weighted by molar-refractivity contribution is 7.09. The number of fused-ring (bicyclic) bond motifs is 1. The van der Waals surface area contributed by atoms with Gasteiger partial charge in [0.1, 0.15) is 0 Å². The summed E-state index contributed by atoms with van der Waals surface area (Å²) in [7, 11) is 0. The summed E-state index contributed by atoms with van der Waals surface area (Å²) < 4.78 is 0. The molecule has 0 aliphatic rings. The Morgan fingerprint density at radius 2 is 2.32 bits per heavy atom. The van der Waals surface area contributed by atoms with Crippen molar-refractivity contribution >= 4 is 28.3 Å². The quantitative estimate of drug-likeness (QED) is 0.766. The lowest BCUT2D eigenvalue weighted by molar-refractivity contribution is 0.0954. The third-order valence-corrected chi connectivity index (χ3v) is 3.86. The molecule has 2 heterocycles. The molecule has 0 atom stereocenters. The molecule has 2 aromatic heterocycles. The van der Waals surface area contributed by atoms with Gasteiger partial charge < -0.3 is 10.3 Å². The molecular weight excluding hydrogens is 258 g/mol. The largest absolute Gasteiger partial charge is 0.352 e. The molecule has 0 radical (unpaired) electrons. The van der Waals surface area contributed by atoms with E-state index in [1.54, 1.807) is 23.7 Å². The van der Waals surface area contributed by atoms with Crippen molar-refractivity contribution in [1.82, 2.24) is 15.3 Å².